The zero-order chi connectivity index (χ0) is 19.9. The molecule has 0 spiro atoms. The lowest BCUT2D eigenvalue weighted by Crippen LogP contribution is -2.25. The van der Waals surface area contributed by atoms with Crippen LogP contribution in [0.1, 0.15) is 46.1 Å². The summed E-state index contributed by atoms with van der Waals surface area (Å²) in [4.78, 5) is 12.7. The summed E-state index contributed by atoms with van der Waals surface area (Å²) in [6.45, 7) is 9.62. The molecule has 0 aliphatic carbocycles. The van der Waals surface area contributed by atoms with Crippen LogP contribution >= 0.6 is 21.6 Å². The summed E-state index contributed by atoms with van der Waals surface area (Å²) in [6, 6.07) is 8.64. The van der Waals surface area contributed by atoms with E-state index in [2.05, 4.69) is 55.3 Å². The van der Waals surface area contributed by atoms with Crippen LogP contribution in [0.2, 0.25) is 0 Å². The molecule has 1 aromatic rings. The number of alkyl carbamates (subject to hydrolysis) is 1. The number of unbranched alkanes of at least 4 members (excludes halogenated alkanes) is 1. The average Bonchev–Trinajstić information content (AvgIpc) is 2.66. The van der Waals surface area contributed by atoms with Crippen LogP contribution in [0.25, 0.3) is 0 Å². The Labute approximate surface area is 171 Å². The molecular formula is C21H31NO3S2. The van der Waals surface area contributed by atoms with E-state index in [1.807, 2.05) is 13.8 Å². The molecule has 150 valence electrons. The molecule has 0 heterocycles. The standard InChI is InChI=1S/C21H31NO3S2/c1-5-19-10-12-20(13-11-19)27-26-18(4)24-15-6-7-16-25-21(23)22-14-8-9-17(2)3/h10-13,17-18H,5-7,14-16H2,1-4H3,(H,22,23). The highest BCUT2D eigenvalue weighted by molar-refractivity contribution is 8.76. The molecule has 27 heavy (non-hydrogen) atoms. The largest absolute Gasteiger partial charge is 0.450 e. The molecule has 0 saturated heterocycles. The van der Waals surface area contributed by atoms with Gasteiger partial charge >= 0.3 is 6.09 Å². The number of amides is 1. The van der Waals surface area contributed by atoms with Gasteiger partial charge < -0.3 is 14.8 Å². The highest BCUT2D eigenvalue weighted by Crippen LogP contribution is 2.34. The Morgan fingerprint density at radius 2 is 1.85 bits per heavy atom. The monoisotopic (exact) mass is 409 g/mol. The molecule has 1 rings (SSSR count). The summed E-state index contributed by atoms with van der Waals surface area (Å²) in [6.07, 6.45) is 2.30. The molecule has 0 fully saturated rings. The molecule has 1 amide bonds. The van der Waals surface area contributed by atoms with E-state index in [1.165, 1.54) is 10.5 Å². The van der Waals surface area contributed by atoms with Gasteiger partial charge in [-0.1, -0.05) is 66.3 Å². The topological polar surface area (TPSA) is 47.6 Å². The Kier molecular flexibility index (Phi) is 13.0. The predicted molar refractivity (Wildman–Crippen MR) is 116 cm³/mol. The van der Waals surface area contributed by atoms with Gasteiger partial charge in [0.25, 0.3) is 0 Å². The van der Waals surface area contributed by atoms with Crippen LogP contribution in [-0.2, 0) is 15.9 Å². The van der Waals surface area contributed by atoms with Gasteiger partial charge in [0.05, 0.1) is 13.2 Å². The van der Waals surface area contributed by atoms with Crippen LogP contribution in [-0.4, -0.2) is 31.3 Å². The average molecular weight is 410 g/mol. The van der Waals surface area contributed by atoms with E-state index >= 15 is 0 Å². The highest BCUT2D eigenvalue weighted by atomic mass is 33.1. The first-order chi connectivity index (χ1) is 13.0. The lowest BCUT2D eigenvalue weighted by molar-refractivity contribution is 0.109. The summed E-state index contributed by atoms with van der Waals surface area (Å²) >= 11 is 0. The predicted octanol–water partition coefficient (Wildman–Crippen LogP) is 5.52. The van der Waals surface area contributed by atoms with Gasteiger partial charge in [-0.2, -0.15) is 0 Å². The van der Waals surface area contributed by atoms with Gasteiger partial charge in [0.15, 0.2) is 0 Å². The Morgan fingerprint density at radius 3 is 2.52 bits per heavy atom. The maximum atomic E-state index is 11.5. The molecule has 1 N–H and O–H groups in total. The zero-order valence-electron chi connectivity index (χ0n) is 16.7. The second-order valence-electron chi connectivity index (χ2n) is 6.29. The van der Waals surface area contributed by atoms with Crippen LogP contribution in [0.5, 0.6) is 0 Å². The minimum atomic E-state index is -0.414. The van der Waals surface area contributed by atoms with E-state index in [4.69, 9.17) is 9.47 Å². The van der Waals surface area contributed by atoms with Crippen molar-refractivity contribution in [1.29, 1.82) is 0 Å². The normalized spacial score (nSPS) is 11.6. The number of nitrogens with one attached hydrogen (secondary N) is 1. The second-order valence-corrected chi connectivity index (χ2v) is 8.86. The number of carbonyl (C=O) groups is 1. The van der Waals surface area contributed by atoms with Gasteiger partial charge in [-0.05, 0) is 43.9 Å². The Hall–Kier alpha value is -1.29. The van der Waals surface area contributed by atoms with Crippen molar-refractivity contribution in [3.8, 4) is 11.8 Å². The molecule has 1 atom stereocenters. The summed E-state index contributed by atoms with van der Waals surface area (Å²) in [5.74, 6) is 6.17. The van der Waals surface area contributed by atoms with Crippen LogP contribution in [0.4, 0.5) is 4.79 Å². The van der Waals surface area contributed by atoms with Crippen LogP contribution in [0.3, 0.4) is 0 Å². The van der Waals surface area contributed by atoms with Crippen molar-refractivity contribution in [1.82, 2.24) is 5.32 Å². The lowest BCUT2D eigenvalue weighted by Gasteiger charge is -2.12. The number of benzene rings is 1. The van der Waals surface area contributed by atoms with Gasteiger partial charge in [0.1, 0.15) is 5.44 Å². The third kappa shape index (κ3) is 12.7. The SMILES string of the molecule is CCc1ccc(SSC(C)OCCCCOC(=O)NCC#CC(C)C)cc1. The lowest BCUT2D eigenvalue weighted by atomic mass is 10.2. The minimum absolute atomic E-state index is 0.115. The molecule has 0 bridgehead atoms. The summed E-state index contributed by atoms with van der Waals surface area (Å²) < 4.78 is 10.9. The molecule has 6 heteroatoms. The Bertz CT molecular complexity index is 594. The molecule has 0 aromatic heterocycles. The second kappa shape index (κ2) is 14.7. The zero-order valence-corrected chi connectivity index (χ0v) is 18.4. The van der Waals surface area contributed by atoms with Crippen LogP contribution in [0, 0.1) is 17.8 Å². The molecule has 1 unspecified atom stereocenters. The van der Waals surface area contributed by atoms with Gasteiger partial charge in [-0.15, -0.1) is 0 Å². The molecule has 0 radical (unpaired) electrons. The van der Waals surface area contributed by atoms with E-state index in [0.717, 1.165) is 19.3 Å². The fraction of sp³-hybridized carbons (Fsp3) is 0.571. The quantitative estimate of drug-likeness (QED) is 0.226. The summed E-state index contributed by atoms with van der Waals surface area (Å²) in [7, 11) is 3.44. The molecule has 1 aromatic carbocycles. The smallest absolute Gasteiger partial charge is 0.407 e. The highest BCUT2D eigenvalue weighted by Gasteiger charge is 2.05. The van der Waals surface area contributed by atoms with Gasteiger partial charge in [-0.3, -0.25) is 0 Å². The molecule has 4 nitrogen and oxygen atoms in total. The summed E-state index contributed by atoms with van der Waals surface area (Å²) in [5, 5.41) is 2.61. The number of ether oxygens (including phenoxy) is 2. The maximum absolute atomic E-state index is 11.5. The van der Waals surface area contributed by atoms with Crippen molar-refractivity contribution in [3.05, 3.63) is 29.8 Å². The van der Waals surface area contributed by atoms with Crippen LogP contribution in [0.15, 0.2) is 29.2 Å². The van der Waals surface area contributed by atoms with E-state index in [0.29, 0.717) is 25.7 Å². The number of hydrogen-bond donors (Lipinski definition) is 1. The molecular weight excluding hydrogens is 378 g/mol. The fourth-order valence-corrected chi connectivity index (χ4v) is 3.86. The minimum Gasteiger partial charge on any atom is -0.450 e. The van der Waals surface area contributed by atoms with Gasteiger partial charge in [0.2, 0.25) is 0 Å². The number of rotatable bonds is 11. The third-order valence-electron chi connectivity index (χ3n) is 3.45. The van der Waals surface area contributed by atoms with Gasteiger partial charge in [-0.25, -0.2) is 4.79 Å². The van der Waals surface area contributed by atoms with Crippen molar-refractivity contribution >= 4 is 27.7 Å². The molecule has 0 saturated carbocycles. The van der Waals surface area contributed by atoms with E-state index in [9.17, 15) is 4.79 Å². The number of carbonyl (C=O) groups excluding carboxylic acids is 1. The van der Waals surface area contributed by atoms with Crippen molar-refractivity contribution < 1.29 is 14.3 Å². The van der Waals surface area contributed by atoms with Crippen molar-refractivity contribution in [3.63, 3.8) is 0 Å². The third-order valence-corrected chi connectivity index (χ3v) is 6.09. The number of hydrogen-bond acceptors (Lipinski definition) is 5. The Morgan fingerprint density at radius 1 is 1.15 bits per heavy atom. The fourth-order valence-electron chi connectivity index (χ4n) is 1.97. The van der Waals surface area contributed by atoms with Crippen molar-refractivity contribution in [2.45, 2.75) is 57.3 Å². The first-order valence-corrected chi connectivity index (χ1v) is 11.7. The first kappa shape index (κ1) is 23.7. The van der Waals surface area contributed by atoms with E-state index in [-0.39, 0.29) is 5.44 Å². The maximum Gasteiger partial charge on any atom is 0.407 e. The summed E-state index contributed by atoms with van der Waals surface area (Å²) in [5.41, 5.74) is 1.47. The molecule has 0 aliphatic rings. The Balaban J connectivity index is 2.00. The van der Waals surface area contributed by atoms with Crippen LogP contribution < -0.4 is 5.32 Å². The van der Waals surface area contributed by atoms with E-state index < -0.39 is 6.09 Å². The van der Waals surface area contributed by atoms with Crippen molar-refractivity contribution in [2.75, 3.05) is 19.8 Å². The van der Waals surface area contributed by atoms with E-state index in [1.54, 1.807) is 21.6 Å². The van der Waals surface area contributed by atoms with Crippen molar-refractivity contribution in [2.24, 2.45) is 5.92 Å². The van der Waals surface area contributed by atoms with Gasteiger partial charge in [0, 0.05) is 17.4 Å². The first-order valence-electron chi connectivity index (χ1n) is 9.44. The molecule has 0 aliphatic heterocycles. The number of aryl methyl sites for hydroxylation is 1.